The molecule has 144 valence electrons. The van der Waals surface area contributed by atoms with Gasteiger partial charge in [0, 0.05) is 31.2 Å². The monoisotopic (exact) mass is 408 g/mol. The number of piperazine rings is 1. The highest BCUT2D eigenvalue weighted by Crippen LogP contribution is 2.20. The van der Waals surface area contributed by atoms with Crippen molar-refractivity contribution in [1.29, 1.82) is 0 Å². The molecule has 0 aliphatic carbocycles. The van der Waals surface area contributed by atoms with Gasteiger partial charge in [-0.15, -0.1) is 0 Å². The van der Waals surface area contributed by atoms with Crippen LogP contribution < -0.4 is 4.74 Å². The Balaban J connectivity index is 1.59. The number of rotatable bonds is 5. The first-order valence-corrected chi connectivity index (χ1v) is 10.5. The van der Waals surface area contributed by atoms with Gasteiger partial charge in [0.15, 0.2) is 6.10 Å². The molecule has 0 N–H and O–H groups in total. The lowest BCUT2D eigenvalue weighted by molar-refractivity contribution is -0.139. The van der Waals surface area contributed by atoms with E-state index in [1.165, 1.54) is 16.4 Å². The predicted octanol–water partition coefficient (Wildman–Crippen LogP) is 2.64. The van der Waals surface area contributed by atoms with Crippen LogP contribution >= 0.6 is 11.6 Å². The highest BCUT2D eigenvalue weighted by Gasteiger charge is 2.32. The van der Waals surface area contributed by atoms with Gasteiger partial charge in [-0.1, -0.05) is 29.8 Å². The fraction of sp³-hybridized carbons (Fsp3) is 0.316. The molecule has 0 saturated carbocycles. The summed E-state index contributed by atoms with van der Waals surface area (Å²) in [4.78, 5) is 14.4. The van der Waals surface area contributed by atoms with Gasteiger partial charge in [-0.3, -0.25) is 4.79 Å². The summed E-state index contributed by atoms with van der Waals surface area (Å²) < 4.78 is 32.5. The van der Waals surface area contributed by atoms with Gasteiger partial charge in [0.25, 0.3) is 5.91 Å². The van der Waals surface area contributed by atoms with Crippen molar-refractivity contribution in [1.82, 2.24) is 9.21 Å². The average molecular weight is 409 g/mol. The van der Waals surface area contributed by atoms with Gasteiger partial charge in [-0.25, -0.2) is 8.42 Å². The fourth-order valence-corrected chi connectivity index (χ4v) is 4.46. The Hall–Kier alpha value is -2.09. The highest BCUT2D eigenvalue weighted by atomic mass is 35.5. The first kappa shape index (κ1) is 19.7. The summed E-state index contributed by atoms with van der Waals surface area (Å²) in [5.74, 6) is 0.477. The van der Waals surface area contributed by atoms with Crippen molar-refractivity contribution >= 4 is 27.5 Å². The number of halogens is 1. The van der Waals surface area contributed by atoms with E-state index in [4.69, 9.17) is 16.3 Å². The van der Waals surface area contributed by atoms with Gasteiger partial charge >= 0.3 is 0 Å². The van der Waals surface area contributed by atoms with E-state index in [2.05, 4.69) is 0 Å². The second-order valence-corrected chi connectivity index (χ2v) is 8.63. The van der Waals surface area contributed by atoms with E-state index < -0.39 is 16.1 Å². The highest BCUT2D eigenvalue weighted by molar-refractivity contribution is 7.89. The summed E-state index contributed by atoms with van der Waals surface area (Å²) in [6.45, 7) is 2.85. The number of carbonyl (C=O) groups is 1. The molecule has 1 unspecified atom stereocenters. The Kier molecular flexibility index (Phi) is 6.04. The minimum absolute atomic E-state index is 0.151. The molecular formula is C19H21ClN2O4S. The largest absolute Gasteiger partial charge is 0.481 e. The maximum atomic E-state index is 12.7. The molecule has 0 spiro atoms. The fourth-order valence-electron chi connectivity index (χ4n) is 2.92. The van der Waals surface area contributed by atoms with E-state index >= 15 is 0 Å². The standard InChI is InChI=1S/C19H21ClN2O4S/c1-15(26-17-5-3-2-4-6-17)19(23)21-11-13-22(14-12-21)27(24,25)18-9-7-16(20)8-10-18/h2-10,15H,11-14H2,1H3. The molecule has 6 nitrogen and oxygen atoms in total. The van der Waals surface area contributed by atoms with E-state index in [1.54, 1.807) is 36.1 Å². The topological polar surface area (TPSA) is 66.9 Å². The summed E-state index contributed by atoms with van der Waals surface area (Å²) in [7, 11) is -3.59. The number of benzene rings is 2. The Labute approximate surface area is 164 Å². The van der Waals surface area contributed by atoms with Crippen LogP contribution in [0.15, 0.2) is 59.5 Å². The van der Waals surface area contributed by atoms with E-state index in [-0.39, 0.29) is 23.9 Å². The van der Waals surface area contributed by atoms with Crippen molar-refractivity contribution < 1.29 is 17.9 Å². The van der Waals surface area contributed by atoms with E-state index in [1.807, 2.05) is 18.2 Å². The van der Waals surface area contributed by atoms with Crippen LogP contribution in [-0.4, -0.2) is 55.8 Å². The molecule has 2 aromatic carbocycles. The smallest absolute Gasteiger partial charge is 0.263 e. The van der Waals surface area contributed by atoms with Gasteiger partial charge in [0.05, 0.1) is 4.90 Å². The summed E-state index contributed by atoms with van der Waals surface area (Å²) >= 11 is 5.82. The first-order valence-electron chi connectivity index (χ1n) is 8.64. The van der Waals surface area contributed by atoms with Crippen molar-refractivity contribution in [2.75, 3.05) is 26.2 Å². The second kappa shape index (κ2) is 8.29. The number of sulfonamides is 1. The summed E-state index contributed by atoms with van der Waals surface area (Å²) in [5, 5.41) is 0.483. The number of ether oxygens (including phenoxy) is 1. The summed E-state index contributed by atoms with van der Waals surface area (Å²) in [6.07, 6.45) is -0.633. The predicted molar refractivity (Wildman–Crippen MR) is 103 cm³/mol. The van der Waals surface area contributed by atoms with E-state index in [0.29, 0.717) is 23.9 Å². The number of hydrogen-bond donors (Lipinski definition) is 0. The Morgan fingerprint density at radius 1 is 1.00 bits per heavy atom. The molecule has 27 heavy (non-hydrogen) atoms. The maximum Gasteiger partial charge on any atom is 0.263 e. The molecule has 1 aliphatic rings. The zero-order valence-electron chi connectivity index (χ0n) is 14.9. The molecular weight excluding hydrogens is 388 g/mol. The molecule has 1 aliphatic heterocycles. The van der Waals surface area contributed by atoms with Crippen LogP contribution in [0.2, 0.25) is 5.02 Å². The van der Waals surface area contributed by atoms with Crippen molar-refractivity contribution in [3.8, 4) is 5.75 Å². The number of carbonyl (C=O) groups excluding carboxylic acids is 1. The molecule has 0 bridgehead atoms. The molecule has 1 fully saturated rings. The number of amides is 1. The number of nitrogens with zero attached hydrogens (tertiary/aromatic N) is 2. The third-order valence-corrected chi connectivity index (χ3v) is 6.57. The normalized spacial score (nSPS) is 16.7. The van der Waals surface area contributed by atoms with Gasteiger partial charge < -0.3 is 9.64 Å². The lowest BCUT2D eigenvalue weighted by atomic mass is 10.3. The zero-order valence-corrected chi connectivity index (χ0v) is 16.5. The first-order chi connectivity index (χ1) is 12.9. The molecule has 2 aromatic rings. The molecule has 0 aromatic heterocycles. The van der Waals surface area contributed by atoms with E-state index in [9.17, 15) is 13.2 Å². The Bertz CT molecular complexity index is 880. The molecule has 0 radical (unpaired) electrons. The van der Waals surface area contributed by atoms with Crippen LogP contribution in [0.5, 0.6) is 5.75 Å². The van der Waals surface area contributed by atoms with Gasteiger partial charge in [-0.2, -0.15) is 4.31 Å². The molecule has 1 saturated heterocycles. The Morgan fingerprint density at radius 2 is 1.59 bits per heavy atom. The van der Waals surface area contributed by atoms with Crippen molar-refractivity contribution in [2.24, 2.45) is 0 Å². The lowest BCUT2D eigenvalue weighted by Crippen LogP contribution is -2.53. The number of hydrogen-bond acceptors (Lipinski definition) is 4. The summed E-state index contributed by atoms with van der Waals surface area (Å²) in [6, 6.07) is 15.2. The van der Waals surface area contributed by atoms with Gasteiger partial charge in [-0.05, 0) is 43.3 Å². The third kappa shape index (κ3) is 4.61. The van der Waals surface area contributed by atoms with Crippen molar-refractivity contribution in [3.63, 3.8) is 0 Å². The quantitative estimate of drug-likeness (QED) is 0.762. The minimum Gasteiger partial charge on any atom is -0.481 e. The average Bonchev–Trinajstić information content (AvgIpc) is 2.68. The van der Waals surface area contributed by atoms with Crippen LogP contribution in [-0.2, 0) is 14.8 Å². The maximum absolute atomic E-state index is 12.7. The third-order valence-electron chi connectivity index (χ3n) is 4.41. The minimum atomic E-state index is -3.59. The van der Waals surface area contributed by atoms with Gasteiger partial charge in [0.1, 0.15) is 5.75 Å². The van der Waals surface area contributed by atoms with Crippen LogP contribution in [0.3, 0.4) is 0 Å². The molecule has 1 atom stereocenters. The second-order valence-electron chi connectivity index (χ2n) is 6.26. The van der Waals surface area contributed by atoms with E-state index in [0.717, 1.165) is 0 Å². The molecule has 1 amide bonds. The molecule has 1 heterocycles. The van der Waals surface area contributed by atoms with Crippen LogP contribution in [0.25, 0.3) is 0 Å². The zero-order chi connectivity index (χ0) is 19.4. The molecule has 3 rings (SSSR count). The van der Waals surface area contributed by atoms with Crippen molar-refractivity contribution in [2.45, 2.75) is 17.9 Å². The van der Waals surface area contributed by atoms with Crippen LogP contribution in [0.1, 0.15) is 6.92 Å². The summed E-state index contributed by atoms with van der Waals surface area (Å²) in [5.41, 5.74) is 0. The van der Waals surface area contributed by atoms with Crippen molar-refractivity contribution in [3.05, 3.63) is 59.6 Å². The van der Waals surface area contributed by atoms with Crippen LogP contribution in [0, 0.1) is 0 Å². The number of para-hydroxylation sites is 1. The van der Waals surface area contributed by atoms with Gasteiger partial charge in [0.2, 0.25) is 10.0 Å². The molecule has 8 heteroatoms. The lowest BCUT2D eigenvalue weighted by Gasteiger charge is -2.35. The van der Waals surface area contributed by atoms with Crippen LogP contribution in [0.4, 0.5) is 0 Å². The Morgan fingerprint density at radius 3 is 2.19 bits per heavy atom. The SMILES string of the molecule is CC(Oc1ccccc1)C(=O)N1CCN(S(=O)(=O)c2ccc(Cl)cc2)CC1.